The van der Waals surface area contributed by atoms with Crippen LogP contribution in [0.3, 0.4) is 0 Å². The van der Waals surface area contributed by atoms with Gasteiger partial charge in [-0.2, -0.15) is 0 Å². The number of rotatable bonds is 5. The Hall–Kier alpha value is -0.357. The maximum absolute atomic E-state index is 6.61. The van der Waals surface area contributed by atoms with E-state index in [9.17, 15) is 0 Å². The summed E-state index contributed by atoms with van der Waals surface area (Å²) in [5, 5.41) is 0. The van der Waals surface area contributed by atoms with Crippen LogP contribution in [0.4, 0.5) is 0 Å². The van der Waals surface area contributed by atoms with E-state index in [0.717, 1.165) is 12.8 Å². The minimum atomic E-state index is -2.45. The van der Waals surface area contributed by atoms with E-state index in [-0.39, 0.29) is 0 Å². The molecule has 2 aromatic rings. The molecule has 1 aliphatic rings. The molecular formula is C22H25Cl2Zr. The molecule has 1 aliphatic carbocycles. The molecule has 0 aromatic heterocycles. The van der Waals surface area contributed by atoms with Crippen LogP contribution in [0.5, 0.6) is 0 Å². The first-order chi connectivity index (χ1) is 11.9. The molecule has 0 saturated heterocycles. The van der Waals surface area contributed by atoms with E-state index in [1.165, 1.54) is 39.0 Å². The van der Waals surface area contributed by atoms with Gasteiger partial charge in [-0.05, 0) is 0 Å². The van der Waals surface area contributed by atoms with Gasteiger partial charge in [-0.25, -0.2) is 0 Å². The van der Waals surface area contributed by atoms with Crippen molar-refractivity contribution in [2.45, 2.75) is 44.2 Å². The summed E-state index contributed by atoms with van der Waals surface area (Å²) in [7, 11) is 13.2. The molecule has 3 rings (SSSR count). The van der Waals surface area contributed by atoms with Gasteiger partial charge in [-0.15, -0.1) is 0 Å². The first-order valence-electron chi connectivity index (χ1n) is 9.04. The zero-order valence-electron chi connectivity index (χ0n) is 15.4. The van der Waals surface area contributed by atoms with Crippen molar-refractivity contribution in [1.29, 1.82) is 0 Å². The van der Waals surface area contributed by atoms with Crippen LogP contribution < -0.4 is 0 Å². The Balaban J connectivity index is 2.23. The molecule has 1 unspecified atom stereocenters. The molecule has 0 aliphatic heterocycles. The zero-order valence-corrected chi connectivity index (χ0v) is 19.3. The summed E-state index contributed by atoms with van der Waals surface area (Å²) in [6.07, 6.45) is 4.52. The standard InChI is InChI=1S/C22H25.2ClH.Zr/c1-5-18-8-6-7-9-20(18)22-16(4)10-11-19-13-17(12-15(2)3)14-21(19)22;;;/h6-11,13-15H,5,12H2,1-4H3;2*1H;/q;;;+2/p-2. The Morgan fingerprint density at radius 3 is 2.44 bits per heavy atom. The first kappa shape index (κ1) is 19.4. The number of hydrogen-bond acceptors (Lipinski definition) is 0. The van der Waals surface area contributed by atoms with Gasteiger partial charge in [0.15, 0.2) is 0 Å². The summed E-state index contributed by atoms with van der Waals surface area (Å²) in [4.78, 5) is 0. The van der Waals surface area contributed by atoms with Crippen molar-refractivity contribution in [3.05, 3.63) is 64.2 Å². The van der Waals surface area contributed by atoms with Crippen molar-refractivity contribution >= 4 is 23.1 Å². The molecule has 0 N–H and O–H groups in total. The van der Waals surface area contributed by atoms with Crippen LogP contribution in [0.25, 0.3) is 17.2 Å². The maximum atomic E-state index is 6.61. The number of allylic oxidation sites excluding steroid dienone is 1. The SMILES string of the molecule is CCc1ccccc1-c1c(C)ccc2c1C=C(CC(C)C)[CH]2[Zr]([Cl])[Cl]. The van der Waals surface area contributed by atoms with Crippen molar-refractivity contribution in [1.82, 2.24) is 0 Å². The summed E-state index contributed by atoms with van der Waals surface area (Å²) >= 11 is -2.45. The predicted octanol–water partition coefficient (Wildman–Crippen LogP) is 7.63. The fraction of sp³-hybridized carbons (Fsp3) is 0.364. The molecular weight excluding hydrogens is 426 g/mol. The van der Waals surface area contributed by atoms with Gasteiger partial charge in [0.2, 0.25) is 0 Å². The van der Waals surface area contributed by atoms with E-state index in [4.69, 9.17) is 17.0 Å². The average molecular weight is 452 g/mol. The fourth-order valence-electron chi connectivity index (χ4n) is 3.96. The summed E-state index contributed by atoms with van der Waals surface area (Å²) in [6.45, 7) is 8.98. The molecule has 0 nitrogen and oxygen atoms in total. The van der Waals surface area contributed by atoms with Crippen LogP contribution in [-0.2, 0) is 25.8 Å². The second-order valence-corrected chi connectivity index (χ2v) is 16.1. The zero-order chi connectivity index (χ0) is 18.1. The van der Waals surface area contributed by atoms with Crippen molar-refractivity contribution in [3.8, 4) is 11.1 Å². The van der Waals surface area contributed by atoms with E-state index in [2.05, 4.69) is 70.2 Å². The predicted molar refractivity (Wildman–Crippen MR) is 108 cm³/mol. The van der Waals surface area contributed by atoms with Crippen molar-refractivity contribution in [2.24, 2.45) is 5.92 Å². The summed E-state index contributed by atoms with van der Waals surface area (Å²) < 4.78 is 0.302. The van der Waals surface area contributed by atoms with E-state index < -0.39 is 19.4 Å². The summed E-state index contributed by atoms with van der Waals surface area (Å²) in [5.41, 5.74) is 9.63. The van der Waals surface area contributed by atoms with E-state index >= 15 is 0 Å². The van der Waals surface area contributed by atoms with Crippen molar-refractivity contribution < 1.29 is 19.4 Å². The van der Waals surface area contributed by atoms with Gasteiger partial charge in [0.05, 0.1) is 0 Å². The topological polar surface area (TPSA) is 0 Å². The van der Waals surface area contributed by atoms with Crippen LogP contribution in [0.15, 0.2) is 42.0 Å². The molecule has 2 aromatic carbocycles. The van der Waals surface area contributed by atoms with Gasteiger partial charge in [-0.1, -0.05) is 0 Å². The molecule has 3 heteroatoms. The molecule has 25 heavy (non-hydrogen) atoms. The van der Waals surface area contributed by atoms with Crippen LogP contribution >= 0.6 is 17.0 Å². The van der Waals surface area contributed by atoms with Gasteiger partial charge in [-0.3, -0.25) is 0 Å². The van der Waals surface area contributed by atoms with Crippen molar-refractivity contribution in [3.63, 3.8) is 0 Å². The van der Waals surface area contributed by atoms with Crippen LogP contribution in [0.2, 0.25) is 0 Å². The van der Waals surface area contributed by atoms with Gasteiger partial charge < -0.3 is 0 Å². The number of hydrogen-bond donors (Lipinski definition) is 0. The third kappa shape index (κ3) is 3.85. The molecule has 0 bridgehead atoms. The molecule has 1 atom stereocenters. The monoisotopic (exact) mass is 449 g/mol. The second-order valence-electron chi connectivity index (χ2n) is 7.31. The van der Waals surface area contributed by atoms with Gasteiger partial charge >= 0.3 is 168 Å². The van der Waals surface area contributed by atoms with Crippen LogP contribution in [-0.4, -0.2) is 0 Å². The van der Waals surface area contributed by atoms with Gasteiger partial charge in [0, 0.05) is 0 Å². The molecule has 0 fully saturated rings. The molecule has 131 valence electrons. The van der Waals surface area contributed by atoms with E-state index in [1.807, 2.05) is 0 Å². The molecule has 0 amide bonds. The Morgan fingerprint density at radius 1 is 1.08 bits per heavy atom. The van der Waals surface area contributed by atoms with E-state index in [0.29, 0.717) is 9.54 Å². The number of benzene rings is 2. The quantitative estimate of drug-likeness (QED) is 0.438. The number of halogens is 2. The molecule has 0 radical (unpaired) electrons. The van der Waals surface area contributed by atoms with Crippen LogP contribution in [0, 0.1) is 12.8 Å². The average Bonchev–Trinajstić information content (AvgIpc) is 2.92. The Bertz CT molecular complexity index is 806. The normalized spacial score (nSPS) is 16.1. The molecule has 0 heterocycles. The van der Waals surface area contributed by atoms with Gasteiger partial charge in [0.25, 0.3) is 0 Å². The Morgan fingerprint density at radius 2 is 1.80 bits per heavy atom. The second kappa shape index (κ2) is 8.12. The third-order valence-electron chi connectivity index (χ3n) is 5.03. The third-order valence-corrected chi connectivity index (χ3v) is 10.4. The Labute approximate surface area is 167 Å². The minimum absolute atomic E-state index is 0.302. The summed E-state index contributed by atoms with van der Waals surface area (Å²) in [6, 6.07) is 13.3. The van der Waals surface area contributed by atoms with E-state index in [1.54, 1.807) is 0 Å². The molecule has 0 spiro atoms. The number of aryl methyl sites for hydroxylation is 2. The fourth-order valence-corrected chi connectivity index (χ4v) is 9.39. The first-order valence-corrected chi connectivity index (χ1v) is 16.8. The van der Waals surface area contributed by atoms with Gasteiger partial charge in [0.1, 0.15) is 0 Å². The number of fused-ring (bicyclic) bond motifs is 1. The summed E-state index contributed by atoms with van der Waals surface area (Å²) in [5.74, 6) is 0.617. The Kier molecular flexibility index (Phi) is 6.30. The molecule has 0 saturated carbocycles. The van der Waals surface area contributed by atoms with Crippen LogP contribution in [0.1, 0.15) is 53.1 Å². The van der Waals surface area contributed by atoms with Crippen molar-refractivity contribution in [2.75, 3.05) is 0 Å².